The molecule has 4 heteroatoms. The topological polar surface area (TPSA) is 51.0 Å². The van der Waals surface area contributed by atoms with Crippen molar-refractivity contribution >= 4 is 22.5 Å². The minimum absolute atomic E-state index is 0.0822. The number of benzene rings is 1. The van der Waals surface area contributed by atoms with Crippen molar-refractivity contribution in [2.75, 3.05) is 13.7 Å². The van der Waals surface area contributed by atoms with E-state index < -0.39 is 0 Å². The molecule has 0 radical (unpaired) electrons. The Labute approximate surface area is 112 Å². The van der Waals surface area contributed by atoms with Gasteiger partial charge in [-0.15, -0.1) is 0 Å². The lowest BCUT2D eigenvalue weighted by Gasteiger charge is -2.23. The molecule has 0 bridgehead atoms. The SMILES string of the molecule is COc1cc2c(C(C)(C)CN)c(C)[nH]c2cc1Cl. The van der Waals surface area contributed by atoms with Crippen LogP contribution in [0.5, 0.6) is 5.75 Å². The predicted molar refractivity (Wildman–Crippen MR) is 76.7 cm³/mol. The van der Waals surface area contributed by atoms with Gasteiger partial charge in [0.2, 0.25) is 0 Å². The van der Waals surface area contributed by atoms with E-state index in [1.165, 1.54) is 5.56 Å². The second-order valence-corrected chi connectivity index (χ2v) is 5.65. The van der Waals surface area contributed by atoms with Gasteiger partial charge in [0.25, 0.3) is 0 Å². The molecule has 2 rings (SSSR count). The summed E-state index contributed by atoms with van der Waals surface area (Å²) >= 11 is 6.14. The van der Waals surface area contributed by atoms with Gasteiger partial charge in [-0.1, -0.05) is 25.4 Å². The smallest absolute Gasteiger partial charge is 0.138 e. The highest BCUT2D eigenvalue weighted by Gasteiger charge is 2.25. The van der Waals surface area contributed by atoms with Crippen LogP contribution in [-0.4, -0.2) is 18.6 Å². The summed E-state index contributed by atoms with van der Waals surface area (Å²) in [4.78, 5) is 3.36. The third-order valence-electron chi connectivity index (χ3n) is 3.45. The molecule has 2 aromatic rings. The van der Waals surface area contributed by atoms with Crippen LogP contribution in [0.25, 0.3) is 10.9 Å². The van der Waals surface area contributed by atoms with Crippen molar-refractivity contribution in [2.24, 2.45) is 5.73 Å². The summed E-state index contributed by atoms with van der Waals surface area (Å²) in [5, 5.41) is 1.74. The molecule has 1 heterocycles. The number of methoxy groups -OCH3 is 1. The number of nitrogens with two attached hydrogens (primary N) is 1. The van der Waals surface area contributed by atoms with Crippen LogP contribution in [0, 0.1) is 6.92 Å². The first-order valence-corrected chi connectivity index (χ1v) is 6.35. The van der Waals surface area contributed by atoms with Gasteiger partial charge in [0.05, 0.1) is 12.1 Å². The number of ether oxygens (including phenoxy) is 1. The van der Waals surface area contributed by atoms with Crippen molar-refractivity contribution in [1.82, 2.24) is 4.98 Å². The number of hydrogen-bond donors (Lipinski definition) is 2. The average Bonchev–Trinajstić information content (AvgIpc) is 2.63. The highest BCUT2D eigenvalue weighted by atomic mass is 35.5. The van der Waals surface area contributed by atoms with Crippen LogP contribution in [0.15, 0.2) is 12.1 Å². The van der Waals surface area contributed by atoms with Gasteiger partial charge in [-0.3, -0.25) is 0 Å². The third-order valence-corrected chi connectivity index (χ3v) is 3.74. The molecule has 0 saturated carbocycles. The van der Waals surface area contributed by atoms with E-state index in [1.807, 2.05) is 12.1 Å². The number of halogens is 1. The van der Waals surface area contributed by atoms with E-state index in [-0.39, 0.29) is 5.41 Å². The van der Waals surface area contributed by atoms with Crippen LogP contribution in [0.1, 0.15) is 25.1 Å². The Hall–Kier alpha value is -1.19. The summed E-state index contributed by atoms with van der Waals surface area (Å²) in [6.45, 7) is 6.94. The quantitative estimate of drug-likeness (QED) is 0.895. The van der Waals surface area contributed by atoms with Crippen molar-refractivity contribution in [1.29, 1.82) is 0 Å². The molecule has 3 N–H and O–H groups in total. The fourth-order valence-corrected chi connectivity index (χ4v) is 2.70. The Morgan fingerprint density at radius 2 is 2.06 bits per heavy atom. The van der Waals surface area contributed by atoms with Gasteiger partial charge < -0.3 is 15.5 Å². The first kappa shape index (κ1) is 13.2. The molecule has 0 atom stereocenters. The molecule has 0 spiro atoms. The summed E-state index contributed by atoms with van der Waals surface area (Å²) in [5.74, 6) is 0.692. The number of aromatic amines is 1. The maximum absolute atomic E-state index is 6.14. The number of fused-ring (bicyclic) bond motifs is 1. The lowest BCUT2D eigenvalue weighted by atomic mass is 9.83. The lowest BCUT2D eigenvalue weighted by Crippen LogP contribution is -2.28. The molecule has 0 aliphatic carbocycles. The Kier molecular flexibility index (Phi) is 3.30. The van der Waals surface area contributed by atoms with Gasteiger partial charge in [-0.25, -0.2) is 0 Å². The monoisotopic (exact) mass is 266 g/mol. The number of rotatable bonds is 3. The summed E-state index contributed by atoms with van der Waals surface area (Å²) in [6.07, 6.45) is 0. The van der Waals surface area contributed by atoms with Crippen LogP contribution in [0.2, 0.25) is 5.02 Å². The van der Waals surface area contributed by atoms with Gasteiger partial charge in [0.15, 0.2) is 0 Å². The zero-order chi connectivity index (χ0) is 13.5. The first-order valence-electron chi connectivity index (χ1n) is 5.97. The van der Waals surface area contributed by atoms with E-state index in [4.69, 9.17) is 22.1 Å². The van der Waals surface area contributed by atoms with Crippen LogP contribution < -0.4 is 10.5 Å². The minimum Gasteiger partial charge on any atom is -0.495 e. The molecule has 0 unspecified atom stereocenters. The molecule has 1 aromatic heterocycles. The van der Waals surface area contributed by atoms with Crippen molar-refractivity contribution in [3.05, 3.63) is 28.4 Å². The second kappa shape index (κ2) is 4.48. The number of hydrogen-bond acceptors (Lipinski definition) is 2. The van der Waals surface area contributed by atoms with Gasteiger partial charge >= 0.3 is 0 Å². The predicted octanol–water partition coefficient (Wildman–Crippen LogP) is 3.37. The number of aromatic nitrogens is 1. The van der Waals surface area contributed by atoms with Crippen LogP contribution >= 0.6 is 11.6 Å². The standard InChI is InChI=1S/C14H19ClN2O/c1-8-13(14(2,3)7-16)9-5-12(18-4)10(15)6-11(9)17-8/h5-6,17H,7,16H2,1-4H3. The maximum atomic E-state index is 6.14. The van der Waals surface area contributed by atoms with Crippen molar-refractivity contribution in [2.45, 2.75) is 26.2 Å². The van der Waals surface area contributed by atoms with Crippen LogP contribution in [0.3, 0.4) is 0 Å². The molecule has 18 heavy (non-hydrogen) atoms. The summed E-state index contributed by atoms with van der Waals surface area (Å²) in [6, 6.07) is 3.88. The maximum Gasteiger partial charge on any atom is 0.138 e. The summed E-state index contributed by atoms with van der Waals surface area (Å²) < 4.78 is 5.29. The highest BCUT2D eigenvalue weighted by Crippen LogP contribution is 2.37. The zero-order valence-electron chi connectivity index (χ0n) is 11.2. The van der Waals surface area contributed by atoms with Gasteiger partial charge in [-0.05, 0) is 24.6 Å². The average molecular weight is 267 g/mol. The van der Waals surface area contributed by atoms with Crippen molar-refractivity contribution in [3.63, 3.8) is 0 Å². The molecule has 0 amide bonds. The van der Waals surface area contributed by atoms with Gasteiger partial charge in [0, 0.05) is 28.6 Å². The van der Waals surface area contributed by atoms with E-state index in [0.29, 0.717) is 17.3 Å². The first-order chi connectivity index (χ1) is 8.40. The van der Waals surface area contributed by atoms with Crippen molar-refractivity contribution < 1.29 is 4.74 Å². The van der Waals surface area contributed by atoms with Gasteiger partial charge in [-0.2, -0.15) is 0 Å². The molecule has 98 valence electrons. The highest BCUT2D eigenvalue weighted by molar-refractivity contribution is 6.32. The fraction of sp³-hybridized carbons (Fsp3) is 0.429. The Bertz CT molecular complexity index is 587. The molecule has 3 nitrogen and oxygen atoms in total. The molecule has 0 fully saturated rings. The third kappa shape index (κ3) is 1.98. The number of nitrogens with one attached hydrogen (secondary N) is 1. The molecule has 0 aliphatic heterocycles. The minimum atomic E-state index is -0.0822. The molecule has 1 aromatic carbocycles. The normalized spacial score (nSPS) is 12.1. The van der Waals surface area contributed by atoms with Gasteiger partial charge in [0.1, 0.15) is 5.75 Å². The summed E-state index contributed by atoms with van der Waals surface area (Å²) in [7, 11) is 1.63. The van der Waals surface area contributed by atoms with E-state index in [2.05, 4.69) is 25.8 Å². The molecule has 0 saturated heterocycles. The van der Waals surface area contributed by atoms with Crippen LogP contribution in [-0.2, 0) is 5.41 Å². The van der Waals surface area contributed by atoms with E-state index in [0.717, 1.165) is 16.6 Å². The molecular weight excluding hydrogens is 248 g/mol. The fourth-order valence-electron chi connectivity index (χ4n) is 2.46. The molecular formula is C14H19ClN2O. The van der Waals surface area contributed by atoms with E-state index in [1.54, 1.807) is 7.11 Å². The Morgan fingerprint density at radius 3 is 2.61 bits per heavy atom. The number of aryl methyl sites for hydroxylation is 1. The van der Waals surface area contributed by atoms with E-state index >= 15 is 0 Å². The summed E-state index contributed by atoms with van der Waals surface area (Å²) in [5.41, 5.74) is 9.19. The Morgan fingerprint density at radius 1 is 1.39 bits per heavy atom. The molecule has 0 aliphatic rings. The second-order valence-electron chi connectivity index (χ2n) is 5.25. The van der Waals surface area contributed by atoms with Crippen LogP contribution in [0.4, 0.5) is 0 Å². The largest absolute Gasteiger partial charge is 0.495 e. The van der Waals surface area contributed by atoms with Crippen molar-refractivity contribution in [3.8, 4) is 5.75 Å². The van der Waals surface area contributed by atoms with E-state index in [9.17, 15) is 0 Å². The number of H-pyrrole nitrogens is 1. The zero-order valence-corrected chi connectivity index (χ0v) is 12.0. The lowest BCUT2D eigenvalue weighted by molar-refractivity contribution is 0.415. The Balaban J connectivity index is 2.78.